The fourth-order valence-electron chi connectivity index (χ4n) is 2.16. The van der Waals surface area contributed by atoms with Gasteiger partial charge < -0.3 is 20.5 Å². The molecule has 0 bridgehead atoms. The first-order valence-corrected chi connectivity index (χ1v) is 7.38. The van der Waals surface area contributed by atoms with Gasteiger partial charge in [-0.1, -0.05) is 27.2 Å². The maximum Gasteiger partial charge on any atom is 0.326 e. The van der Waals surface area contributed by atoms with Gasteiger partial charge in [-0.25, -0.2) is 4.79 Å². The quantitative estimate of drug-likeness (QED) is 0.530. The second kappa shape index (κ2) is 7.97. The van der Waals surface area contributed by atoms with Gasteiger partial charge >= 0.3 is 5.97 Å². The lowest BCUT2D eigenvalue weighted by Crippen LogP contribution is -2.47. The maximum absolute atomic E-state index is 11.9. The third-order valence-corrected chi connectivity index (χ3v) is 3.43. The van der Waals surface area contributed by atoms with Crippen molar-refractivity contribution in [2.24, 2.45) is 5.92 Å². The van der Waals surface area contributed by atoms with Gasteiger partial charge in [-0.2, -0.15) is 0 Å². The van der Waals surface area contributed by atoms with Gasteiger partial charge in [0.2, 0.25) is 0 Å². The second-order valence-corrected chi connectivity index (χ2v) is 5.36. The number of nitrogens with one attached hydrogen (secondary N) is 2. The summed E-state index contributed by atoms with van der Waals surface area (Å²) < 4.78 is 5.04. The van der Waals surface area contributed by atoms with Gasteiger partial charge in [0.25, 0.3) is 11.8 Å². The molecule has 1 saturated heterocycles. The van der Waals surface area contributed by atoms with Crippen molar-refractivity contribution in [3.63, 3.8) is 0 Å². The molecule has 1 aliphatic rings. The molecule has 4 atom stereocenters. The fraction of sp³-hybridized carbons (Fsp3) is 0.786. The molecule has 0 aromatic heterocycles. The van der Waals surface area contributed by atoms with Gasteiger partial charge in [-0.05, 0) is 18.8 Å². The molecule has 1 fully saturated rings. The van der Waals surface area contributed by atoms with Crippen molar-refractivity contribution >= 4 is 17.8 Å². The zero-order chi connectivity index (χ0) is 16.0. The molecule has 1 unspecified atom stereocenters. The number of hydrogen-bond acceptors (Lipinski definition) is 4. The summed E-state index contributed by atoms with van der Waals surface area (Å²) in [6, 6.07) is -0.957. The van der Waals surface area contributed by atoms with Crippen LogP contribution in [0.1, 0.15) is 40.0 Å². The molecule has 1 heterocycles. The minimum absolute atomic E-state index is 0.178. The number of carboxylic acids is 1. The summed E-state index contributed by atoms with van der Waals surface area (Å²) in [5.41, 5.74) is 0. The summed E-state index contributed by atoms with van der Waals surface area (Å²) in [6.45, 7) is 6.18. The smallest absolute Gasteiger partial charge is 0.326 e. The number of hydrogen-bond donors (Lipinski definition) is 3. The molecular formula is C14H24N2O5. The average Bonchev–Trinajstić information content (AvgIpc) is 3.22. The second-order valence-electron chi connectivity index (χ2n) is 5.36. The van der Waals surface area contributed by atoms with E-state index in [2.05, 4.69) is 10.6 Å². The Bertz CT molecular complexity index is 399. The Kier molecular flexibility index (Phi) is 6.61. The lowest BCUT2D eigenvalue weighted by atomic mass is 9.97. The van der Waals surface area contributed by atoms with Crippen molar-refractivity contribution in [2.75, 3.05) is 6.54 Å². The van der Waals surface area contributed by atoms with Crippen molar-refractivity contribution < 1.29 is 24.2 Å². The van der Waals surface area contributed by atoms with Crippen LogP contribution in [-0.2, 0) is 19.1 Å². The summed E-state index contributed by atoms with van der Waals surface area (Å²) >= 11 is 0. The predicted molar refractivity (Wildman–Crippen MR) is 75.6 cm³/mol. The van der Waals surface area contributed by atoms with E-state index < -0.39 is 30.1 Å². The molecule has 0 aromatic carbocycles. The highest BCUT2D eigenvalue weighted by Gasteiger charge is 2.51. The zero-order valence-electron chi connectivity index (χ0n) is 12.7. The number of carboxylic acid groups (broad SMARTS) is 1. The van der Waals surface area contributed by atoms with Gasteiger partial charge in [0.05, 0.1) is 0 Å². The molecule has 7 heteroatoms. The summed E-state index contributed by atoms with van der Waals surface area (Å²) in [7, 11) is 0. The highest BCUT2D eigenvalue weighted by Crippen LogP contribution is 2.23. The summed E-state index contributed by atoms with van der Waals surface area (Å²) in [5, 5.41) is 14.3. The van der Waals surface area contributed by atoms with Crippen LogP contribution in [0.15, 0.2) is 0 Å². The van der Waals surface area contributed by atoms with Crippen LogP contribution >= 0.6 is 0 Å². The normalized spacial score (nSPS) is 23.0. The van der Waals surface area contributed by atoms with Crippen LogP contribution in [0.5, 0.6) is 0 Å². The van der Waals surface area contributed by atoms with Crippen molar-refractivity contribution in [1.29, 1.82) is 0 Å². The minimum atomic E-state index is -1.07. The van der Waals surface area contributed by atoms with Gasteiger partial charge in [-0.3, -0.25) is 9.59 Å². The van der Waals surface area contributed by atoms with Gasteiger partial charge in [0.1, 0.15) is 6.04 Å². The van der Waals surface area contributed by atoms with E-state index in [1.165, 1.54) is 0 Å². The van der Waals surface area contributed by atoms with Crippen molar-refractivity contribution in [3.8, 4) is 0 Å². The number of epoxide rings is 1. The van der Waals surface area contributed by atoms with E-state index in [1.807, 2.05) is 13.8 Å². The van der Waals surface area contributed by atoms with Gasteiger partial charge in [0, 0.05) is 6.54 Å². The molecule has 120 valence electrons. The van der Waals surface area contributed by atoms with E-state index in [9.17, 15) is 19.5 Å². The van der Waals surface area contributed by atoms with Gasteiger partial charge in [-0.15, -0.1) is 0 Å². The molecule has 0 aromatic rings. The predicted octanol–water partition coefficient (Wildman–Crippen LogP) is 0.286. The standard InChI is InChI=1S/C14H24N2O5/c1-4-6-8(3)9(14(19)20)16-13(18)11-10(21-11)12(17)15-7-5-2/h8-11H,4-7H2,1-3H3,(H,15,17)(H,16,18)(H,19,20)/t8?,9-,10+,11+/m1/s1. The van der Waals surface area contributed by atoms with Crippen LogP contribution in [0, 0.1) is 5.92 Å². The number of carbonyl (C=O) groups excluding carboxylic acids is 2. The van der Waals surface area contributed by atoms with Crippen LogP contribution in [0.25, 0.3) is 0 Å². The molecule has 7 nitrogen and oxygen atoms in total. The molecule has 2 amide bonds. The number of carbonyl (C=O) groups is 3. The van der Waals surface area contributed by atoms with Crippen LogP contribution < -0.4 is 10.6 Å². The Hall–Kier alpha value is -1.63. The molecule has 3 N–H and O–H groups in total. The fourth-order valence-corrected chi connectivity index (χ4v) is 2.16. The van der Waals surface area contributed by atoms with E-state index in [0.29, 0.717) is 13.0 Å². The number of amides is 2. The first-order valence-electron chi connectivity index (χ1n) is 7.38. The number of ether oxygens (including phenoxy) is 1. The molecule has 1 rings (SSSR count). The highest BCUT2D eigenvalue weighted by atomic mass is 16.6. The molecular weight excluding hydrogens is 276 g/mol. The monoisotopic (exact) mass is 300 g/mol. The molecule has 0 aliphatic carbocycles. The molecule has 1 aliphatic heterocycles. The third kappa shape index (κ3) is 5.00. The van der Waals surface area contributed by atoms with Crippen LogP contribution in [0.4, 0.5) is 0 Å². The summed E-state index contributed by atoms with van der Waals surface area (Å²) in [6.07, 6.45) is 0.654. The van der Waals surface area contributed by atoms with Gasteiger partial charge in [0.15, 0.2) is 12.2 Å². The molecule has 0 saturated carbocycles. The Morgan fingerprint density at radius 2 is 1.76 bits per heavy atom. The molecule has 0 radical (unpaired) electrons. The lowest BCUT2D eigenvalue weighted by molar-refractivity contribution is -0.143. The van der Waals surface area contributed by atoms with E-state index in [0.717, 1.165) is 12.8 Å². The Labute approximate surface area is 124 Å². The van der Waals surface area contributed by atoms with Crippen LogP contribution in [0.2, 0.25) is 0 Å². The summed E-state index contributed by atoms with van der Waals surface area (Å²) in [4.78, 5) is 34.8. The van der Waals surface area contributed by atoms with E-state index >= 15 is 0 Å². The topological polar surface area (TPSA) is 108 Å². The SMILES string of the molecule is CCCNC(=O)[C@H]1O[C@@H]1C(=O)N[C@@H](C(=O)O)C(C)CCC. The lowest BCUT2D eigenvalue weighted by Gasteiger charge is -2.20. The van der Waals surface area contributed by atoms with E-state index in [1.54, 1.807) is 6.92 Å². The Balaban J connectivity index is 2.49. The van der Waals surface area contributed by atoms with Crippen LogP contribution in [0.3, 0.4) is 0 Å². The van der Waals surface area contributed by atoms with Crippen molar-refractivity contribution in [3.05, 3.63) is 0 Å². The average molecular weight is 300 g/mol. The van der Waals surface area contributed by atoms with E-state index in [-0.39, 0.29) is 11.8 Å². The largest absolute Gasteiger partial charge is 0.480 e. The first kappa shape index (κ1) is 17.4. The first-order chi connectivity index (χ1) is 9.92. The Morgan fingerprint density at radius 3 is 2.29 bits per heavy atom. The van der Waals surface area contributed by atoms with Crippen LogP contribution in [-0.4, -0.2) is 47.7 Å². The summed E-state index contributed by atoms with van der Waals surface area (Å²) in [5.74, 6) is -2.12. The number of aliphatic carboxylic acids is 1. The maximum atomic E-state index is 11.9. The zero-order valence-corrected chi connectivity index (χ0v) is 12.7. The Morgan fingerprint density at radius 1 is 1.14 bits per heavy atom. The highest BCUT2D eigenvalue weighted by molar-refractivity contribution is 5.96. The van der Waals surface area contributed by atoms with E-state index in [4.69, 9.17) is 4.74 Å². The van der Waals surface area contributed by atoms with Crippen molar-refractivity contribution in [2.45, 2.75) is 58.3 Å². The molecule has 21 heavy (non-hydrogen) atoms. The molecule has 0 spiro atoms. The third-order valence-electron chi connectivity index (χ3n) is 3.43. The minimum Gasteiger partial charge on any atom is -0.480 e. The number of rotatable bonds is 9. The van der Waals surface area contributed by atoms with Crippen molar-refractivity contribution in [1.82, 2.24) is 10.6 Å².